The van der Waals surface area contributed by atoms with Gasteiger partial charge in [0.2, 0.25) is 0 Å². The Balaban J connectivity index is 2.53. The van der Waals surface area contributed by atoms with E-state index in [2.05, 4.69) is 27.5 Å². The number of rotatable bonds is 4. The van der Waals surface area contributed by atoms with Crippen molar-refractivity contribution < 1.29 is 4.52 Å². The summed E-state index contributed by atoms with van der Waals surface area (Å²) in [5.74, 6) is 7.35. The molecule has 0 aliphatic heterocycles. The van der Waals surface area contributed by atoms with E-state index < -0.39 is 0 Å². The number of nitrogens with two attached hydrogens (primary N) is 1. The van der Waals surface area contributed by atoms with Crippen LogP contribution in [0.5, 0.6) is 0 Å². The first-order valence-electron chi connectivity index (χ1n) is 5.93. The molecule has 0 saturated heterocycles. The Kier molecular flexibility index (Phi) is 3.57. The highest BCUT2D eigenvalue weighted by Crippen LogP contribution is 2.25. The second-order valence-electron chi connectivity index (χ2n) is 4.16. The first kappa shape index (κ1) is 12.5. The Morgan fingerprint density at radius 1 is 1.33 bits per heavy atom. The van der Waals surface area contributed by atoms with Crippen LogP contribution in [0.2, 0.25) is 0 Å². The summed E-state index contributed by atoms with van der Waals surface area (Å²) >= 11 is 0. The summed E-state index contributed by atoms with van der Waals surface area (Å²) in [5, 5.41) is 3.92. The van der Waals surface area contributed by atoms with Gasteiger partial charge in [0.1, 0.15) is 11.6 Å². The van der Waals surface area contributed by atoms with Crippen LogP contribution in [0.1, 0.15) is 30.5 Å². The van der Waals surface area contributed by atoms with Gasteiger partial charge in [-0.1, -0.05) is 18.5 Å². The van der Waals surface area contributed by atoms with Crippen molar-refractivity contribution in [1.82, 2.24) is 15.1 Å². The number of nitrogens with zero attached hydrogens (tertiary/aromatic N) is 3. The highest BCUT2D eigenvalue weighted by molar-refractivity contribution is 5.61. The second kappa shape index (κ2) is 5.14. The lowest BCUT2D eigenvalue weighted by molar-refractivity contribution is 0.393. The van der Waals surface area contributed by atoms with E-state index >= 15 is 0 Å². The van der Waals surface area contributed by atoms with Crippen LogP contribution in [0.3, 0.4) is 0 Å². The van der Waals surface area contributed by atoms with Gasteiger partial charge in [-0.3, -0.25) is 0 Å². The summed E-state index contributed by atoms with van der Waals surface area (Å²) in [6.45, 7) is 5.82. The molecule has 0 radical (unpaired) electrons. The summed E-state index contributed by atoms with van der Waals surface area (Å²) in [6.07, 6.45) is 1.90. The molecule has 0 atom stereocenters. The molecule has 2 aromatic rings. The van der Waals surface area contributed by atoms with Gasteiger partial charge < -0.3 is 9.95 Å². The third kappa shape index (κ3) is 2.33. The Labute approximate surface area is 106 Å². The molecule has 0 amide bonds. The van der Waals surface area contributed by atoms with E-state index in [1.807, 2.05) is 19.9 Å². The smallest absolute Gasteiger partial charge is 0.167 e. The molecular formula is C12H17N5O. The maximum absolute atomic E-state index is 5.43. The molecule has 96 valence electrons. The number of hydrogen-bond acceptors (Lipinski definition) is 6. The summed E-state index contributed by atoms with van der Waals surface area (Å²) in [4.78, 5) is 8.88. The Bertz CT molecular complexity index is 530. The molecule has 0 aliphatic rings. The largest absolute Gasteiger partial charge is 0.361 e. The normalized spacial score (nSPS) is 10.7. The van der Waals surface area contributed by atoms with Gasteiger partial charge in [-0.15, -0.1) is 0 Å². The molecule has 6 heteroatoms. The zero-order chi connectivity index (χ0) is 13.1. The first-order chi connectivity index (χ1) is 8.65. The van der Waals surface area contributed by atoms with Crippen LogP contribution < -0.4 is 11.3 Å². The topological polar surface area (TPSA) is 89.9 Å². The fourth-order valence-corrected chi connectivity index (χ4v) is 1.87. The van der Waals surface area contributed by atoms with Crippen LogP contribution in [0.4, 0.5) is 5.82 Å². The van der Waals surface area contributed by atoms with Crippen molar-refractivity contribution in [2.45, 2.75) is 33.6 Å². The summed E-state index contributed by atoms with van der Waals surface area (Å²) in [6, 6.07) is 1.85. The van der Waals surface area contributed by atoms with Crippen molar-refractivity contribution >= 4 is 5.82 Å². The number of nitrogen functional groups attached to an aromatic ring is 1. The van der Waals surface area contributed by atoms with Crippen LogP contribution in [0.15, 0.2) is 10.6 Å². The first-order valence-corrected chi connectivity index (χ1v) is 5.93. The lowest BCUT2D eigenvalue weighted by Crippen LogP contribution is -2.10. The number of hydrazine groups is 1. The zero-order valence-corrected chi connectivity index (χ0v) is 10.8. The summed E-state index contributed by atoms with van der Waals surface area (Å²) in [7, 11) is 0. The van der Waals surface area contributed by atoms with Gasteiger partial charge in [-0.05, 0) is 20.3 Å². The minimum Gasteiger partial charge on any atom is -0.361 e. The molecule has 0 aromatic carbocycles. The molecule has 0 unspecified atom stereocenters. The molecule has 0 fully saturated rings. The van der Waals surface area contributed by atoms with E-state index in [9.17, 15) is 0 Å². The van der Waals surface area contributed by atoms with E-state index in [4.69, 9.17) is 10.4 Å². The maximum atomic E-state index is 5.43. The monoisotopic (exact) mass is 247 g/mol. The SMILES string of the molecule is CCCc1cc(NN)nc(-c2c(C)noc2C)n1. The molecule has 18 heavy (non-hydrogen) atoms. The van der Waals surface area contributed by atoms with Gasteiger partial charge in [0.25, 0.3) is 0 Å². The predicted molar refractivity (Wildman–Crippen MR) is 68.8 cm³/mol. The highest BCUT2D eigenvalue weighted by atomic mass is 16.5. The Morgan fingerprint density at radius 2 is 2.11 bits per heavy atom. The summed E-state index contributed by atoms with van der Waals surface area (Å²) < 4.78 is 5.14. The lowest BCUT2D eigenvalue weighted by Gasteiger charge is -2.06. The van der Waals surface area contributed by atoms with Gasteiger partial charge in [0, 0.05) is 11.8 Å². The van der Waals surface area contributed by atoms with Crippen LogP contribution in [0, 0.1) is 13.8 Å². The minimum absolute atomic E-state index is 0.600. The third-order valence-electron chi connectivity index (χ3n) is 2.69. The molecule has 0 spiro atoms. The standard InChI is InChI=1S/C12H17N5O/c1-4-5-9-6-10(16-13)15-12(14-9)11-7(2)17-18-8(11)3/h6H,4-5,13H2,1-3H3,(H,14,15,16). The molecule has 0 aliphatic carbocycles. The molecule has 3 N–H and O–H groups in total. The van der Waals surface area contributed by atoms with Crippen LogP contribution in [-0.4, -0.2) is 15.1 Å². The number of aryl methyl sites for hydroxylation is 3. The number of anilines is 1. The van der Waals surface area contributed by atoms with Crippen molar-refractivity contribution in [3.8, 4) is 11.4 Å². The van der Waals surface area contributed by atoms with Gasteiger partial charge in [-0.2, -0.15) is 0 Å². The Morgan fingerprint density at radius 3 is 2.67 bits per heavy atom. The average Bonchev–Trinajstić information content (AvgIpc) is 2.69. The van der Waals surface area contributed by atoms with Gasteiger partial charge >= 0.3 is 0 Å². The summed E-state index contributed by atoms with van der Waals surface area (Å²) in [5.41, 5.74) is 5.14. The average molecular weight is 247 g/mol. The lowest BCUT2D eigenvalue weighted by atomic mass is 10.1. The van der Waals surface area contributed by atoms with Crippen molar-refractivity contribution in [3.05, 3.63) is 23.2 Å². The Hall–Kier alpha value is -1.95. The minimum atomic E-state index is 0.600. The molecule has 6 nitrogen and oxygen atoms in total. The number of nitrogens with one attached hydrogen (secondary N) is 1. The third-order valence-corrected chi connectivity index (χ3v) is 2.69. The van der Waals surface area contributed by atoms with Crippen LogP contribution in [0.25, 0.3) is 11.4 Å². The van der Waals surface area contributed by atoms with Crippen molar-refractivity contribution in [2.24, 2.45) is 5.84 Å². The zero-order valence-electron chi connectivity index (χ0n) is 10.8. The number of aromatic nitrogens is 3. The predicted octanol–water partition coefficient (Wildman–Crippen LogP) is 1.99. The maximum Gasteiger partial charge on any atom is 0.167 e. The fraction of sp³-hybridized carbons (Fsp3) is 0.417. The fourth-order valence-electron chi connectivity index (χ4n) is 1.87. The van der Waals surface area contributed by atoms with E-state index in [-0.39, 0.29) is 0 Å². The van der Waals surface area contributed by atoms with E-state index in [0.29, 0.717) is 17.4 Å². The highest BCUT2D eigenvalue weighted by Gasteiger charge is 2.15. The molecular weight excluding hydrogens is 230 g/mol. The molecule has 2 aromatic heterocycles. The molecule has 2 rings (SSSR count). The van der Waals surface area contributed by atoms with E-state index in [1.165, 1.54) is 0 Å². The number of hydrogen-bond donors (Lipinski definition) is 2. The van der Waals surface area contributed by atoms with Crippen molar-refractivity contribution in [2.75, 3.05) is 5.43 Å². The molecule has 2 heterocycles. The quantitative estimate of drug-likeness (QED) is 0.634. The van der Waals surface area contributed by atoms with Crippen LogP contribution in [-0.2, 0) is 6.42 Å². The van der Waals surface area contributed by atoms with Gasteiger partial charge in [0.05, 0.1) is 11.3 Å². The van der Waals surface area contributed by atoms with Crippen molar-refractivity contribution in [3.63, 3.8) is 0 Å². The van der Waals surface area contributed by atoms with Crippen molar-refractivity contribution in [1.29, 1.82) is 0 Å². The van der Waals surface area contributed by atoms with Gasteiger partial charge in [-0.25, -0.2) is 15.8 Å². The second-order valence-corrected chi connectivity index (χ2v) is 4.16. The van der Waals surface area contributed by atoms with E-state index in [0.717, 1.165) is 29.8 Å². The molecule has 0 bridgehead atoms. The van der Waals surface area contributed by atoms with Gasteiger partial charge in [0.15, 0.2) is 5.82 Å². The van der Waals surface area contributed by atoms with Crippen LogP contribution >= 0.6 is 0 Å². The van der Waals surface area contributed by atoms with E-state index in [1.54, 1.807) is 0 Å². The molecule has 0 saturated carbocycles.